The quantitative estimate of drug-likeness (QED) is 0.727. The molecule has 0 atom stereocenters. The second-order valence-electron chi connectivity index (χ2n) is 3.87. The van der Waals surface area contributed by atoms with E-state index < -0.39 is 0 Å². The number of nitrogen functional groups attached to an aromatic ring is 1. The zero-order valence-electron chi connectivity index (χ0n) is 8.66. The molecule has 14 heavy (non-hydrogen) atoms. The van der Waals surface area contributed by atoms with Crippen LogP contribution in [-0.2, 0) is 0 Å². The number of aryl methyl sites for hydroxylation is 1. The van der Waals surface area contributed by atoms with Crippen LogP contribution >= 0.6 is 11.3 Å². The number of nitrogens with two attached hydrogens (primary N) is 1. The highest BCUT2D eigenvalue weighted by atomic mass is 32.1. The van der Waals surface area contributed by atoms with Crippen LogP contribution in [0.5, 0.6) is 0 Å². The molecule has 0 aliphatic heterocycles. The van der Waals surface area contributed by atoms with Gasteiger partial charge in [0.25, 0.3) is 0 Å². The summed E-state index contributed by atoms with van der Waals surface area (Å²) in [5, 5.41) is 0. The van der Waals surface area contributed by atoms with E-state index in [1.54, 1.807) is 11.3 Å². The molecule has 1 heterocycles. The van der Waals surface area contributed by atoms with E-state index >= 15 is 0 Å². The Bertz CT molecular complexity index is 471. The van der Waals surface area contributed by atoms with Gasteiger partial charge in [-0.15, -0.1) is 11.3 Å². The van der Waals surface area contributed by atoms with Crippen molar-refractivity contribution in [3.63, 3.8) is 0 Å². The van der Waals surface area contributed by atoms with Crippen molar-refractivity contribution in [1.82, 2.24) is 4.98 Å². The van der Waals surface area contributed by atoms with Crippen LogP contribution in [0.4, 0.5) is 5.69 Å². The van der Waals surface area contributed by atoms with Gasteiger partial charge in [-0.2, -0.15) is 0 Å². The summed E-state index contributed by atoms with van der Waals surface area (Å²) in [6.45, 7) is 6.37. The first-order valence-electron chi connectivity index (χ1n) is 4.73. The van der Waals surface area contributed by atoms with E-state index in [9.17, 15) is 0 Å². The highest BCUT2D eigenvalue weighted by molar-refractivity contribution is 7.16. The first-order valence-corrected chi connectivity index (χ1v) is 5.61. The van der Waals surface area contributed by atoms with Crippen molar-refractivity contribution in [2.45, 2.75) is 26.7 Å². The minimum Gasteiger partial charge on any atom is -0.398 e. The second-order valence-corrected chi connectivity index (χ2v) is 4.76. The van der Waals surface area contributed by atoms with E-state index in [0.29, 0.717) is 5.92 Å². The topological polar surface area (TPSA) is 38.9 Å². The summed E-state index contributed by atoms with van der Waals surface area (Å²) in [7, 11) is 0. The van der Waals surface area contributed by atoms with Crippen LogP contribution < -0.4 is 5.73 Å². The zero-order valence-corrected chi connectivity index (χ0v) is 9.48. The third kappa shape index (κ3) is 1.28. The Labute approximate surface area is 87.8 Å². The monoisotopic (exact) mass is 206 g/mol. The number of anilines is 1. The van der Waals surface area contributed by atoms with Crippen LogP contribution in [-0.4, -0.2) is 4.98 Å². The number of rotatable bonds is 1. The molecular formula is C11H14N2S. The predicted octanol–water partition coefficient (Wildman–Crippen LogP) is 3.31. The van der Waals surface area contributed by atoms with E-state index in [2.05, 4.69) is 31.8 Å². The van der Waals surface area contributed by atoms with Gasteiger partial charge in [0.15, 0.2) is 0 Å². The molecule has 2 aromatic rings. The van der Waals surface area contributed by atoms with Gasteiger partial charge in [0.2, 0.25) is 0 Å². The molecule has 0 saturated carbocycles. The average molecular weight is 206 g/mol. The number of fused-ring (bicyclic) bond motifs is 1. The molecule has 0 aliphatic rings. The van der Waals surface area contributed by atoms with Gasteiger partial charge >= 0.3 is 0 Å². The number of thiazole rings is 1. The number of hydrogen-bond donors (Lipinski definition) is 1. The minimum atomic E-state index is 0.430. The SMILES string of the molecule is Cc1cc2scnc2c(C(C)C)c1N. The maximum atomic E-state index is 6.07. The van der Waals surface area contributed by atoms with Crippen molar-refractivity contribution in [1.29, 1.82) is 0 Å². The lowest BCUT2D eigenvalue weighted by Gasteiger charge is -2.12. The van der Waals surface area contributed by atoms with E-state index in [0.717, 1.165) is 16.8 Å². The number of benzene rings is 1. The first-order chi connectivity index (χ1) is 6.61. The highest BCUT2D eigenvalue weighted by Gasteiger charge is 2.13. The molecule has 2 nitrogen and oxygen atoms in total. The van der Waals surface area contributed by atoms with Gasteiger partial charge in [-0.3, -0.25) is 0 Å². The van der Waals surface area contributed by atoms with Crippen LogP contribution in [0.3, 0.4) is 0 Å². The van der Waals surface area contributed by atoms with E-state index in [4.69, 9.17) is 5.73 Å². The maximum Gasteiger partial charge on any atom is 0.0867 e. The fraction of sp³-hybridized carbons (Fsp3) is 0.364. The average Bonchev–Trinajstić information content (AvgIpc) is 2.52. The Kier molecular flexibility index (Phi) is 2.19. The summed E-state index contributed by atoms with van der Waals surface area (Å²) < 4.78 is 1.24. The molecule has 0 saturated heterocycles. The van der Waals surface area contributed by atoms with Gasteiger partial charge in [-0.25, -0.2) is 4.98 Å². The first kappa shape index (κ1) is 9.46. The van der Waals surface area contributed by atoms with Crippen molar-refractivity contribution in [3.05, 3.63) is 22.7 Å². The lowest BCUT2D eigenvalue weighted by Crippen LogP contribution is -2.00. The number of aromatic nitrogens is 1. The Hall–Kier alpha value is -1.09. The van der Waals surface area contributed by atoms with Gasteiger partial charge in [0.1, 0.15) is 0 Å². The third-order valence-electron chi connectivity index (χ3n) is 2.49. The maximum absolute atomic E-state index is 6.07. The fourth-order valence-corrected chi connectivity index (χ4v) is 2.55. The van der Waals surface area contributed by atoms with E-state index in [1.807, 2.05) is 5.51 Å². The van der Waals surface area contributed by atoms with Gasteiger partial charge in [0.05, 0.1) is 15.7 Å². The smallest absolute Gasteiger partial charge is 0.0867 e. The van der Waals surface area contributed by atoms with Crippen molar-refractivity contribution in [3.8, 4) is 0 Å². The van der Waals surface area contributed by atoms with Crippen molar-refractivity contribution in [2.24, 2.45) is 0 Å². The van der Waals surface area contributed by atoms with Crippen LogP contribution in [0.1, 0.15) is 30.9 Å². The molecule has 3 heteroatoms. The largest absolute Gasteiger partial charge is 0.398 e. The molecule has 74 valence electrons. The molecule has 1 aromatic carbocycles. The Morgan fingerprint density at radius 3 is 2.79 bits per heavy atom. The van der Waals surface area contributed by atoms with Crippen molar-refractivity contribution < 1.29 is 0 Å². The Balaban J connectivity index is 2.86. The van der Waals surface area contributed by atoms with Gasteiger partial charge in [-0.1, -0.05) is 13.8 Å². The highest BCUT2D eigenvalue weighted by Crippen LogP contribution is 2.33. The fourth-order valence-electron chi connectivity index (χ4n) is 1.76. The van der Waals surface area contributed by atoms with E-state index in [1.165, 1.54) is 10.3 Å². The molecule has 2 N–H and O–H groups in total. The minimum absolute atomic E-state index is 0.430. The number of hydrogen-bond acceptors (Lipinski definition) is 3. The van der Waals surface area contributed by atoms with Crippen LogP contribution in [0.15, 0.2) is 11.6 Å². The molecule has 1 aromatic heterocycles. The van der Waals surface area contributed by atoms with Crippen LogP contribution in [0.2, 0.25) is 0 Å². The number of nitrogens with zero attached hydrogens (tertiary/aromatic N) is 1. The van der Waals surface area contributed by atoms with Crippen LogP contribution in [0.25, 0.3) is 10.2 Å². The Morgan fingerprint density at radius 2 is 2.14 bits per heavy atom. The molecule has 2 rings (SSSR count). The molecule has 0 spiro atoms. The molecule has 0 bridgehead atoms. The van der Waals surface area contributed by atoms with Crippen molar-refractivity contribution in [2.75, 3.05) is 5.73 Å². The van der Waals surface area contributed by atoms with Gasteiger partial charge in [0, 0.05) is 11.3 Å². The summed E-state index contributed by atoms with van der Waals surface area (Å²) in [6, 6.07) is 2.12. The summed E-state index contributed by atoms with van der Waals surface area (Å²) in [4.78, 5) is 4.38. The third-order valence-corrected chi connectivity index (χ3v) is 3.27. The van der Waals surface area contributed by atoms with Crippen LogP contribution in [0, 0.1) is 6.92 Å². The normalized spacial score (nSPS) is 11.4. The standard InChI is InChI=1S/C11H14N2S/c1-6(2)9-10(12)7(3)4-8-11(9)13-5-14-8/h4-6H,12H2,1-3H3. The lowest BCUT2D eigenvalue weighted by atomic mass is 9.97. The summed E-state index contributed by atoms with van der Waals surface area (Å²) in [5.41, 5.74) is 12.3. The molecule has 0 fully saturated rings. The molecular weight excluding hydrogens is 192 g/mol. The van der Waals surface area contributed by atoms with E-state index in [-0.39, 0.29) is 0 Å². The summed E-state index contributed by atoms with van der Waals surface area (Å²) in [5.74, 6) is 0.430. The molecule has 0 amide bonds. The zero-order chi connectivity index (χ0) is 10.3. The van der Waals surface area contributed by atoms with Gasteiger partial charge < -0.3 is 5.73 Å². The summed E-state index contributed by atoms with van der Waals surface area (Å²) >= 11 is 1.68. The molecule has 0 unspecified atom stereocenters. The van der Waals surface area contributed by atoms with Gasteiger partial charge in [-0.05, 0) is 24.5 Å². The molecule has 0 radical (unpaired) electrons. The predicted molar refractivity (Wildman–Crippen MR) is 62.9 cm³/mol. The Morgan fingerprint density at radius 1 is 1.43 bits per heavy atom. The second kappa shape index (κ2) is 3.24. The van der Waals surface area contributed by atoms with Crippen molar-refractivity contribution >= 4 is 27.2 Å². The lowest BCUT2D eigenvalue weighted by molar-refractivity contribution is 0.875. The molecule has 0 aliphatic carbocycles. The summed E-state index contributed by atoms with van der Waals surface area (Å²) in [6.07, 6.45) is 0.